The van der Waals surface area contributed by atoms with Gasteiger partial charge in [0.25, 0.3) is 5.91 Å². The standard InChI is InChI=1S/C17H15F6N3O3S/c1-30-3-2-13(15(28)29)26-14(27)9(7-24)8-25-12-5-10(16(18,19)20)4-11(6-12)17(21,22)23/h4-6,8,13,25H,2-3H2,1H3,(H,26,27)(H,28,29)/b9-8-. The molecule has 6 nitrogen and oxygen atoms in total. The summed E-state index contributed by atoms with van der Waals surface area (Å²) in [5.74, 6) is -2.14. The first-order valence-electron chi connectivity index (χ1n) is 7.98. The fourth-order valence-corrected chi connectivity index (χ4v) is 2.54. The van der Waals surface area contributed by atoms with Crippen molar-refractivity contribution in [3.8, 4) is 6.07 Å². The van der Waals surface area contributed by atoms with Crippen LogP contribution in [0.25, 0.3) is 0 Å². The Morgan fingerprint density at radius 3 is 2.10 bits per heavy atom. The molecule has 164 valence electrons. The molecule has 0 aromatic heterocycles. The van der Waals surface area contributed by atoms with E-state index in [9.17, 15) is 35.9 Å². The minimum atomic E-state index is -5.07. The maximum atomic E-state index is 12.9. The molecule has 0 radical (unpaired) electrons. The normalized spacial score (nSPS) is 13.3. The summed E-state index contributed by atoms with van der Waals surface area (Å²) in [6, 6.07) is 0.750. The molecule has 0 saturated carbocycles. The van der Waals surface area contributed by atoms with Gasteiger partial charge in [-0.1, -0.05) is 0 Å². The maximum absolute atomic E-state index is 12.9. The smallest absolute Gasteiger partial charge is 0.416 e. The first kappa shape index (κ1) is 25.2. The number of halogens is 6. The van der Waals surface area contributed by atoms with Crippen molar-refractivity contribution in [2.24, 2.45) is 0 Å². The van der Waals surface area contributed by atoms with Gasteiger partial charge in [-0.2, -0.15) is 43.4 Å². The predicted octanol–water partition coefficient (Wildman–Crippen LogP) is 3.87. The van der Waals surface area contributed by atoms with Gasteiger partial charge in [0, 0.05) is 11.9 Å². The second-order valence-corrected chi connectivity index (χ2v) is 6.74. The molecule has 1 aromatic carbocycles. The number of amides is 1. The van der Waals surface area contributed by atoms with Crippen LogP contribution in [0.4, 0.5) is 32.0 Å². The highest BCUT2D eigenvalue weighted by Gasteiger charge is 2.37. The molecule has 13 heteroatoms. The third kappa shape index (κ3) is 7.51. The van der Waals surface area contributed by atoms with E-state index in [0.29, 0.717) is 24.1 Å². The first-order chi connectivity index (χ1) is 13.8. The van der Waals surface area contributed by atoms with Gasteiger partial charge in [-0.3, -0.25) is 4.79 Å². The zero-order valence-electron chi connectivity index (χ0n) is 15.2. The van der Waals surface area contributed by atoms with E-state index < -0.39 is 52.7 Å². The van der Waals surface area contributed by atoms with Crippen molar-refractivity contribution >= 4 is 29.3 Å². The number of carbonyl (C=O) groups is 2. The number of hydrogen-bond donors (Lipinski definition) is 3. The van der Waals surface area contributed by atoms with Crippen LogP contribution < -0.4 is 10.6 Å². The van der Waals surface area contributed by atoms with Gasteiger partial charge in [0.2, 0.25) is 0 Å². The second kappa shape index (κ2) is 10.2. The lowest BCUT2D eigenvalue weighted by molar-refractivity contribution is -0.143. The lowest BCUT2D eigenvalue weighted by Crippen LogP contribution is -2.41. The molecule has 0 heterocycles. The molecule has 1 aromatic rings. The van der Waals surface area contributed by atoms with Gasteiger partial charge in [0.15, 0.2) is 0 Å². The third-order valence-corrected chi connectivity index (χ3v) is 4.19. The van der Waals surface area contributed by atoms with E-state index in [1.807, 2.05) is 0 Å². The monoisotopic (exact) mass is 455 g/mol. The van der Waals surface area contributed by atoms with E-state index >= 15 is 0 Å². The quantitative estimate of drug-likeness (QED) is 0.313. The van der Waals surface area contributed by atoms with E-state index in [1.54, 1.807) is 6.26 Å². The van der Waals surface area contributed by atoms with Gasteiger partial charge >= 0.3 is 18.3 Å². The summed E-state index contributed by atoms with van der Waals surface area (Å²) >= 11 is 1.31. The Hall–Kier alpha value is -2.88. The molecule has 3 N–H and O–H groups in total. The first-order valence-corrected chi connectivity index (χ1v) is 9.38. The van der Waals surface area contributed by atoms with Crippen molar-refractivity contribution in [2.45, 2.75) is 24.8 Å². The third-order valence-electron chi connectivity index (χ3n) is 3.55. The summed E-state index contributed by atoms with van der Waals surface area (Å²) in [6.07, 6.45) is -7.80. The highest BCUT2D eigenvalue weighted by atomic mass is 32.2. The Bertz CT molecular complexity index is 830. The molecule has 0 saturated heterocycles. The number of nitriles is 1. The summed E-state index contributed by atoms with van der Waals surface area (Å²) in [6.45, 7) is 0. The van der Waals surface area contributed by atoms with Crippen LogP contribution in [0.15, 0.2) is 30.0 Å². The Morgan fingerprint density at radius 1 is 1.17 bits per heavy atom. The number of nitrogens with zero attached hydrogens (tertiary/aromatic N) is 1. The summed E-state index contributed by atoms with van der Waals surface area (Å²) in [5, 5.41) is 22.2. The van der Waals surface area contributed by atoms with Crippen LogP contribution in [-0.4, -0.2) is 35.0 Å². The average molecular weight is 455 g/mol. The number of alkyl halides is 6. The van der Waals surface area contributed by atoms with Crippen LogP contribution in [0, 0.1) is 11.3 Å². The number of carboxylic acid groups (broad SMARTS) is 1. The summed E-state index contributed by atoms with van der Waals surface area (Å²) < 4.78 is 77.2. The number of rotatable bonds is 8. The van der Waals surface area contributed by atoms with Crippen molar-refractivity contribution in [3.63, 3.8) is 0 Å². The Balaban J connectivity index is 3.14. The number of carboxylic acids is 1. The highest BCUT2D eigenvalue weighted by molar-refractivity contribution is 7.98. The predicted molar refractivity (Wildman–Crippen MR) is 96.3 cm³/mol. The largest absolute Gasteiger partial charge is 0.480 e. The molecule has 1 unspecified atom stereocenters. The number of nitrogens with one attached hydrogen (secondary N) is 2. The number of carbonyl (C=O) groups excluding carboxylic acids is 1. The number of hydrogen-bond acceptors (Lipinski definition) is 5. The average Bonchev–Trinajstić information content (AvgIpc) is 2.63. The highest BCUT2D eigenvalue weighted by Crippen LogP contribution is 2.37. The number of aliphatic carboxylic acids is 1. The molecule has 30 heavy (non-hydrogen) atoms. The Labute approximate surface area is 170 Å². The molecule has 0 bridgehead atoms. The van der Waals surface area contributed by atoms with Gasteiger partial charge in [-0.15, -0.1) is 0 Å². The Kier molecular flexibility index (Phi) is 8.59. The van der Waals surface area contributed by atoms with E-state index in [4.69, 9.17) is 10.4 Å². The van der Waals surface area contributed by atoms with Crippen LogP contribution in [0.5, 0.6) is 0 Å². The van der Waals surface area contributed by atoms with Crippen molar-refractivity contribution in [1.29, 1.82) is 5.26 Å². The number of anilines is 1. The van der Waals surface area contributed by atoms with Crippen molar-refractivity contribution in [3.05, 3.63) is 41.1 Å². The minimum absolute atomic E-state index is 0.0386. The van der Waals surface area contributed by atoms with Gasteiger partial charge in [0.05, 0.1) is 11.1 Å². The van der Waals surface area contributed by atoms with Crippen molar-refractivity contribution < 1.29 is 41.0 Å². The van der Waals surface area contributed by atoms with Gasteiger partial charge in [-0.25, -0.2) is 4.79 Å². The van der Waals surface area contributed by atoms with Crippen molar-refractivity contribution in [1.82, 2.24) is 5.32 Å². The molecule has 0 aliphatic heterocycles. The van der Waals surface area contributed by atoms with Crippen LogP contribution in [0.1, 0.15) is 17.5 Å². The fraction of sp³-hybridized carbons (Fsp3) is 0.353. The van der Waals surface area contributed by atoms with E-state index in [2.05, 4.69) is 10.6 Å². The zero-order valence-corrected chi connectivity index (χ0v) is 16.0. The summed E-state index contributed by atoms with van der Waals surface area (Å²) in [7, 11) is 0. The Morgan fingerprint density at radius 2 is 1.70 bits per heavy atom. The molecule has 0 aliphatic carbocycles. The molecule has 1 amide bonds. The van der Waals surface area contributed by atoms with Crippen LogP contribution in [-0.2, 0) is 21.9 Å². The molecular formula is C17H15F6N3O3S. The van der Waals surface area contributed by atoms with Crippen LogP contribution in [0.2, 0.25) is 0 Å². The second-order valence-electron chi connectivity index (χ2n) is 5.75. The molecule has 0 fully saturated rings. The lowest BCUT2D eigenvalue weighted by Gasteiger charge is -2.15. The zero-order chi connectivity index (χ0) is 23.1. The molecule has 0 spiro atoms. The van der Waals surface area contributed by atoms with Crippen molar-refractivity contribution in [2.75, 3.05) is 17.3 Å². The summed E-state index contributed by atoms with van der Waals surface area (Å²) in [4.78, 5) is 23.2. The van der Waals surface area contributed by atoms with Gasteiger partial charge < -0.3 is 15.7 Å². The maximum Gasteiger partial charge on any atom is 0.416 e. The number of benzene rings is 1. The van der Waals surface area contributed by atoms with E-state index in [1.165, 1.54) is 17.8 Å². The van der Waals surface area contributed by atoms with Crippen LogP contribution in [0.3, 0.4) is 0 Å². The van der Waals surface area contributed by atoms with E-state index in [0.717, 1.165) is 0 Å². The number of thioether (sulfide) groups is 1. The summed E-state index contributed by atoms with van der Waals surface area (Å²) in [5.41, 5.74) is -4.58. The topological polar surface area (TPSA) is 102 Å². The molecular weight excluding hydrogens is 440 g/mol. The molecule has 1 atom stereocenters. The molecule has 0 aliphatic rings. The molecule has 1 rings (SSSR count). The van der Waals surface area contributed by atoms with E-state index in [-0.39, 0.29) is 12.5 Å². The van der Waals surface area contributed by atoms with Gasteiger partial charge in [-0.05, 0) is 36.6 Å². The van der Waals surface area contributed by atoms with Crippen LogP contribution >= 0.6 is 11.8 Å². The van der Waals surface area contributed by atoms with Gasteiger partial charge in [0.1, 0.15) is 17.7 Å². The fourth-order valence-electron chi connectivity index (χ4n) is 2.07. The SMILES string of the molecule is CSCCC(NC(=O)/C(C#N)=C\Nc1cc(C(F)(F)F)cc(C(F)(F)F)c1)C(=O)O. The minimum Gasteiger partial charge on any atom is -0.480 e. The lowest BCUT2D eigenvalue weighted by atomic mass is 10.1.